The number of aryl methyl sites for hydroxylation is 1. The topological polar surface area (TPSA) is 49.0 Å². The molecule has 4 nitrogen and oxygen atoms in total. The van der Waals surface area contributed by atoms with E-state index in [0.717, 1.165) is 31.5 Å². The number of hydrogen-bond donors (Lipinski definition) is 1. The molecule has 1 aliphatic heterocycles. The van der Waals surface area contributed by atoms with E-state index in [-0.39, 0.29) is 5.91 Å². The number of rotatable bonds is 1. The van der Waals surface area contributed by atoms with E-state index >= 15 is 0 Å². The van der Waals surface area contributed by atoms with Gasteiger partial charge < -0.3 is 4.90 Å². The van der Waals surface area contributed by atoms with E-state index in [2.05, 4.69) is 10.2 Å². The monoisotopic (exact) mass is 207 g/mol. The first-order valence-corrected chi connectivity index (χ1v) is 5.58. The van der Waals surface area contributed by atoms with Gasteiger partial charge in [0.25, 0.3) is 5.91 Å². The van der Waals surface area contributed by atoms with Crippen LogP contribution < -0.4 is 0 Å². The van der Waals surface area contributed by atoms with E-state index in [1.807, 2.05) is 11.8 Å². The summed E-state index contributed by atoms with van der Waals surface area (Å²) in [5.41, 5.74) is 1.58. The van der Waals surface area contributed by atoms with Crippen molar-refractivity contribution in [3.8, 4) is 0 Å². The van der Waals surface area contributed by atoms with Gasteiger partial charge in [-0.1, -0.05) is 12.8 Å². The molecule has 1 aromatic rings. The number of aromatic amines is 1. The molecule has 0 spiro atoms. The highest BCUT2D eigenvalue weighted by atomic mass is 16.2. The summed E-state index contributed by atoms with van der Waals surface area (Å²) in [5, 5.41) is 6.67. The molecule has 0 aromatic carbocycles. The fourth-order valence-electron chi connectivity index (χ4n) is 1.99. The van der Waals surface area contributed by atoms with Crippen molar-refractivity contribution in [3.63, 3.8) is 0 Å². The maximum Gasteiger partial charge on any atom is 0.272 e. The van der Waals surface area contributed by atoms with Crippen LogP contribution in [0.4, 0.5) is 0 Å². The minimum absolute atomic E-state index is 0.104. The van der Waals surface area contributed by atoms with Crippen LogP contribution in [0.25, 0.3) is 0 Å². The first kappa shape index (κ1) is 10.2. The summed E-state index contributed by atoms with van der Waals surface area (Å²) < 4.78 is 0. The highest BCUT2D eigenvalue weighted by Gasteiger charge is 2.19. The van der Waals surface area contributed by atoms with Gasteiger partial charge in [-0.3, -0.25) is 9.89 Å². The Morgan fingerprint density at radius 3 is 2.53 bits per heavy atom. The number of nitrogens with zero attached hydrogens (tertiary/aromatic N) is 2. The van der Waals surface area contributed by atoms with Crippen molar-refractivity contribution in [1.29, 1.82) is 0 Å². The van der Waals surface area contributed by atoms with Crippen LogP contribution in [-0.2, 0) is 0 Å². The maximum absolute atomic E-state index is 12.1. The molecule has 15 heavy (non-hydrogen) atoms. The van der Waals surface area contributed by atoms with Gasteiger partial charge in [0.1, 0.15) is 5.69 Å². The Morgan fingerprint density at radius 1 is 1.33 bits per heavy atom. The molecule has 0 saturated carbocycles. The van der Waals surface area contributed by atoms with Crippen molar-refractivity contribution in [2.45, 2.75) is 32.6 Å². The highest BCUT2D eigenvalue weighted by molar-refractivity contribution is 5.93. The smallest absolute Gasteiger partial charge is 0.272 e. The highest BCUT2D eigenvalue weighted by Crippen LogP contribution is 2.13. The number of carbonyl (C=O) groups is 1. The van der Waals surface area contributed by atoms with Crippen LogP contribution in [0.3, 0.4) is 0 Å². The molecule has 1 N–H and O–H groups in total. The SMILES string of the molecule is Cc1cn[nH]c1C(=O)N1CCCCCC1. The third kappa shape index (κ3) is 2.19. The molecule has 0 radical (unpaired) electrons. The van der Waals surface area contributed by atoms with Crippen LogP contribution in [0.1, 0.15) is 41.7 Å². The molecule has 1 amide bonds. The summed E-state index contributed by atoms with van der Waals surface area (Å²) in [6.07, 6.45) is 6.43. The minimum atomic E-state index is 0.104. The van der Waals surface area contributed by atoms with Gasteiger partial charge in [0.05, 0.1) is 6.20 Å². The molecule has 0 bridgehead atoms. The number of amides is 1. The second-order valence-corrected chi connectivity index (χ2v) is 4.13. The molecular weight excluding hydrogens is 190 g/mol. The summed E-state index contributed by atoms with van der Waals surface area (Å²) in [4.78, 5) is 14.0. The van der Waals surface area contributed by atoms with Crippen LogP contribution in [0.2, 0.25) is 0 Å². The lowest BCUT2D eigenvalue weighted by molar-refractivity contribution is 0.0755. The summed E-state index contributed by atoms with van der Waals surface area (Å²) in [6, 6.07) is 0. The molecule has 1 aromatic heterocycles. The van der Waals surface area contributed by atoms with E-state index in [0.29, 0.717) is 5.69 Å². The summed E-state index contributed by atoms with van der Waals surface area (Å²) in [7, 11) is 0. The van der Waals surface area contributed by atoms with Gasteiger partial charge >= 0.3 is 0 Å². The lowest BCUT2D eigenvalue weighted by atomic mass is 10.2. The number of nitrogens with one attached hydrogen (secondary N) is 1. The van der Waals surface area contributed by atoms with Crippen molar-refractivity contribution in [2.24, 2.45) is 0 Å². The van der Waals surface area contributed by atoms with Gasteiger partial charge in [-0.05, 0) is 25.3 Å². The van der Waals surface area contributed by atoms with E-state index in [1.54, 1.807) is 6.20 Å². The van der Waals surface area contributed by atoms with Crippen LogP contribution in [0, 0.1) is 6.92 Å². The number of aromatic nitrogens is 2. The van der Waals surface area contributed by atoms with Gasteiger partial charge in [0, 0.05) is 13.1 Å². The van der Waals surface area contributed by atoms with Crippen LogP contribution in [0.15, 0.2) is 6.20 Å². The fourth-order valence-corrected chi connectivity index (χ4v) is 1.99. The lowest BCUT2D eigenvalue weighted by Gasteiger charge is -2.19. The minimum Gasteiger partial charge on any atom is -0.337 e. The zero-order valence-corrected chi connectivity index (χ0v) is 9.12. The average Bonchev–Trinajstić information content (AvgIpc) is 2.53. The normalized spacial score (nSPS) is 17.5. The first-order chi connectivity index (χ1) is 7.29. The van der Waals surface area contributed by atoms with Crippen LogP contribution in [-0.4, -0.2) is 34.1 Å². The van der Waals surface area contributed by atoms with Gasteiger partial charge in [-0.15, -0.1) is 0 Å². The number of carbonyl (C=O) groups excluding carboxylic acids is 1. The summed E-state index contributed by atoms with van der Waals surface area (Å²) in [6.45, 7) is 3.68. The largest absolute Gasteiger partial charge is 0.337 e. The summed E-state index contributed by atoms with van der Waals surface area (Å²) >= 11 is 0. The summed E-state index contributed by atoms with van der Waals surface area (Å²) in [5.74, 6) is 0.104. The molecule has 0 aliphatic carbocycles. The maximum atomic E-state index is 12.1. The first-order valence-electron chi connectivity index (χ1n) is 5.58. The van der Waals surface area contributed by atoms with Crippen molar-refractivity contribution in [1.82, 2.24) is 15.1 Å². The Kier molecular flexibility index (Phi) is 3.04. The molecule has 0 unspecified atom stereocenters. The Hall–Kier alpha value is -1.32. The van der Waals surface area contributed by atoms with Crippen LogP contribution in [0.5, 0.6) is 0 Å². The number of H-pyrrole nitrogens is 1. The Bertz CT molecular complexity index is 337. The zero-order chi connectivity index (χ0) is 10.7. The van der Waals surface area contributed by atoms with Crippen molar-refractivity contribution < 1.29 is 4.79 Å². The standard InChI is InChI=1S/C11H17N3O/c1-9-8-12-13-10(9)11(15)14-6-4-2-3-5-7-14/h8H,2-7H2,1H3,(H,12,13). The second-order valence-electron chi connectivity index (χ2n) is 4.13. The predicted octanol–water partition coefficient (Wildman–Crippen LogP) is 1.73. The molecule has 2 rings (SSSR count). The molecule has 2 heterocycles. The predicted molar refractivity (Wildman–Crippen MR) is 57.7 cm³/mol. The molecule has 4 heteroatoms. The third-order valence-corrected chi connectivity index (χ3v) is 2.94. The number of hydrogen-bond acceptors (Lipinski definition) is 2. The van der Waals surface area contributed by atoms with Gasteiger partial charge in [0.15, 0.2) is 0 Å². The Morgan fingerprint density at radius 2 is 2.00 bits per heavy atom. The van der Waals surface area contributed by atoms with E-state index < -0.39 is 0 Å². The van der Waals surface area contributed by atoms with E-state index in [1.165, 1.54) is 12.8 Å². The molecule has 82 valence electrons. The average molecular weight is 207 g/mol. The van der Waals surface area contributed by atoms with Gasteiger partial charge in [0.2, 0.25) is 0 Å². The molecule has 1 aliphatic rings. The molecule has 0 atom stereocenters. The lowest BCUT2D eigenvalue weighted by Crippen LogP contribution is -2.32. The Labute approximate surface area is 89.7 Å². The van der Waals surface area contributed by atoms with Crippen molar-refractivity contribution in [2.75, 3.05) is 13.1 Å². The second kappa shape index (κ2) is 4.47. The van der Waals surface area contributed by atoms with E-state index in [4.69, 9.17) is 0 Å². The van der Waals surface area contributed by atoms with Crippen LogP contribution >= 0.6 is 0 Å². The van der Waals surface area contributed by atoms with Crippen molar-refractivity contribution >= 4 is 5.91 Å². The quantitative estimate of drug-likeness (QED) is 0.762. The molecule has 1 fully saturated rings. The number of likely N-dealkylation sites (tertiary alicyclic amines) is 1. The van der Waals surface area contributed by atoms with Gasteiger partial charge in [-0.25, -0.2) is 0 Å². The van der Waals surface area contributed by atoms with Crippen molar-refractivity contribution in [3.05, 3.63) is 17.5 Å². The van der Waals surface area contributed by atoms with E-state index in [9.17, 15) is 4.79 Å². The fraction of sp³-hybridized carbons (Fsp3) is 0.636. The molecule has 1 saturated heterocycles. The Balaban J connectivity index is 2.09. The van der Waals surface area contributed by atoms with Gasteiger partial charge in [-0.2, -0.15) is 5.10 Å². The third-order valence-electron chi connectivity index (χ3n) is 2.94. The molecular formula is C11H17N3O. The zero-order valence-electron chi connectivity index (χ0n) is 9.12.